The molecule has 4 rings (SSSR count). The zero-order valence-corrected chi connectivity index (χ0v) is 18.4. The summed E-state index contributed by atoms with van der Waals surface area (Å²) in [6.07, 6.45) is 0.487. The Labute approximate surface area is 186 Å². The first kappa shape index (κ1) is 21.6. The largest absolute Gasteiger partial charge is 0.496 e. The van der Waals surface area contributed by atoms with Crippen molar-refractivity contribution in [3.63, 3.8) is 0 Å². The number of hydrogen-bond donors (Lipinski definition) is 1. The van der Waals surface area contributed by atoms with Crippen LogP contribution >= 0.6 is 0 Å². The van der Waals surface area contributed by atoms with Crippen LogP contribution in [0.2, 0.25) is 0 Å². The maximum absolute atomic E-state index is 11.7. The summed E-state index contributed by atoms with van der Waals surface area (Å²) in [6, 6.07) is 21.5. The Hall–Kier alpha value is -3.62. The molecular weight excluding hydrogens is 428 g/mol. The van der Waals surface area contributed by atoms with Crippen molar-refractivity contribution < 1.29 is 22.3 Å². The van der Waals surface area contributed by atoms with Crippen LogP contribution in [-0.2, 0) is 16.4 Å². The molecule has 1 aromatic heterocycles. The first-order valence-electron chi connectivity index (χ1n) is 9.79. The number of oxazole rings is 1. The monoisotopic (exact) mass is 450 g/mol. The third kappa shape index (κ3) is 4.37. The molecule has 0 saturated heterocycles. The second-order valence-electron chi connectivity index (χ2n) is 7.05. The number of benzene rings is 3. The minimum atomic E-state index is -3.80. The van der Waals surface area contributed by atoms with E-state index in [9.17, 15) is 8.42 Å². The normalized spacial score (nSPS) is 11.3. The molecule has 32 heavy (non-hydrogen) atoms. The molecule has 0 saturated carbocycles. The van der Waals surface area contributed by atoms with Crippen molar-refractivity contribution in [1.29, 1.82) is 0 Å². The van der Waals surface area contributed by atoms with Gasteiger partial charge in [0.2, 0.25) is 10.0 Å². The SMILES string of the molecule is COc1cccc(OC)c1-c1oc(Cc2ccccc2)nc1-c1ccc(S(N)(=O)=O)cc1. The number of aromatic nitrogens is 1. The van der Waals surface area contributed by atoms with Gasteiger partial charge in [0, 0.05) is 12.0 Å². The average molecular weight is 451 g/mol. The summed E-state index contributed by atoms with van der Waals surface area (Å²) in [5.74, 6) is 2.10. The number of methoxy groups -OCH3 is 2. The first-order chi connectivity index (χ1) is 15.4. The van der Waals surface area contributed by atoms with Gasteiger partial charge in [0.1, 0.15) is 22.8 Å². The zero-order chi connectivity index (χ0) is 22.7. The molecule has 2 N–H and O–H groups in total. The predicted molar refractivity (Wildman–Crippen MR) is 121 cm³/mol. The Kier molecular flexibility index (Phi) is 5.98. The van der Waals surface area contributed by atoms with E-state index in [-0.39, 0.29) is 4.90 Å². The smallest absolute Gasteiger partial charge is 0.238 e. The molecule has 0 bridgehead atoms. The van der Waals surface area contributed by atoms with E-state index >= 15 is 0 Å². The molecule has 7 nitrogen and oxygen atoms in total. The maximum Gasteiger partial charge on any atom is 0.238 e. The number of hydrogen-bond acceptors (Lipinski definition) is 6. The molecular formula is C24H22N2O5S. The van der Waals surface area contributed by atoms with E-state index in [1.165, 1.54) is 12.1 Å². The third-order valence-electron chi connectivity index (χ3n) is 4.98. The van der Waals surface area contributed by atoms with Crippen LogP contribution in [0.15, 0.2) is 82.1 Å². The molecule has 0 aliphatic carbocycles. The highest BCUT2D eigenvalue weighted by molar-refractivity contribution is 7.89. The van der Waals surface area contributed by atoms with Crippen LogP contribution in [-0.4, -0.2) is 27.6 Å². The molecule has 0 aliphatic rings. The fourth-order valence-electron chi connectivity index (χ4n) is 3.45. The van der Waals surface area contributed by atoms with E-state index < -0.39 is 10.0 Å². The van der Waals surface area contributed by atoms with Crippen molar-refractivity contribution in [1.82, 2.24) is 4.98 Å². The van der Waals surface area contributed by atoms with Gasteiger partial charge in [-0.05, 0) is 29.8 Å². The molecule has 0 amide bonds. The molecule has 3 aromatic carbocycles. The Balaban J connectivity index is 1.89. The Bertz CT molecular complexity index is 1310. The summed E-state index contributed by atoms with van der Waals surface area (Å²) in [5.41, 5.74) is 2.88. The lowest BCUT2D eigenvalue weighted by Crippen LogP contribution is -2.11. The number of rotatable bonds is 7. The van der Waals surface area contributed by atoms with E-state index in [1.807, 2.05) is 48.5 Å². The van der Waals surface area contributed by atoms with E-state index in [2.05, 4.69) is 0 Å². The van der Waals surface area contributed by atoms with Crippen LogP contribution in [0.25, 0.3) is 22.6 Å². The summed E-state index contributed by atoms with van der Waals surface area (Å²) < 4.78 is 40.7. The minimum absolute atomic E-state index is 0.0191. The topological polar surface area (TPSA) is 105 Å². The molecule has 0 fully saturated rings. The highest BCUT2D eigenvalue weighted by atomic mass is 32.2. The second-order valence-corrected chi connectivity index (χ2v) is 8.62. The van der Waals surface area contributed by atoms with E-state index in [1.54, 1.807) is 26.4 Å². The van der Waals surface area contributed by atoms with Gasteiger partial charge in [-0.1, -0.05) is 48.5 Å². The van der Waals surface area contributed by atoms with Crippen molar-refractivity contribution in [2.75, 3.05) is 14.2 Å². The summed E-state index contributed by atoms with van der Waals surface area (Å²) in [4.78, 5) is 4.76. The van der Waals surface area contributed by atoms with E-state index in [4.69, 9.17) is 24.0 Å². The first-order valence-corrected chi connectivity index (χ1v) is 11.3. The number of nitrogens with zero attached hydrogens (tertiary/aromatic N) is 1. The standard InChI is InChI=1S/C24H22N2O5S/c1-29-19-9-6-10-20(30-2)22(19)24-23(17-11-13-18(14-12-17)32(25,27)28)26-21(31-24)15-16-7-4-3-5-8-16/h3-14H,15H2,1-2H3,(H2,25,27,28). The lowest BCUT2D eigenvalue weighted by atomic mass is 10.0. The van der Waals surface area contributed by atoms with Gasteiger partial charge in [-0.3, -0.25) is 0 Å². The number of ether oxygens (including phenoxy) is 2. The molecule has 1 heterocycles. The van der Waals surface area contributed by atoms with Crippen LogP contribution in [0.3, 0.4) is 0 Å². The fraction of sp³-hybridized carbons (Fsp3) is 0.125. The van der Waals surface area contributed by atoms with Crippen LogP contribution < -0.4 is 14.6 Å². The minimum Gasteiger partial charge on any atom is -0.496 e. The number of sulfonamides is 1. The zero-order valence-electron chi connectivity index (χ0n) is 17.6. The van der Waals surface area contributed by atoms with Gasteiger partial charge in [-0.2, -0.15) is 0 Å². The second kappa shape index (κ2) is 8.86. The van der Waals surface area contributed by atoms with E-state index in [0.717, 1.165) is 5.56 Å². The molecule has 0 spiro atoms. The molecule has 8 heteroatoms. The molecule has 0 aliphatic heterocycles. The van der Waals surface area contributed by atoms with Gasteiger partial charge < -0.3 is 13.9 Å². The quantitative estimate of drug-likeness (QED) is 0.451. The Morgan fingerprint density at radius 1 is 0.875 bits per heavy atom. The summed E-state index contributed by atoms with van der Waals surface area (Å²) in [7, 11) is -0.666. The van der Waals surface area contributed by atoms with Crippen molar-refractivity contribution in [3.05, 3.63) is 84.3 Å². The van der Waals surface area contributed by atoms with Gasteiger partial charge >= 0.3 is 0 Å². The van der Waals surface area contributed by atoms with Crippen molar-refractivity contribution in [2.24, 2.45) is 5.14 Å². The van der Waals surface area contributed by atoms with Gasteiger partial charge in [-0.15, -0.1) is 0 Å². The lowest BCUT2D eigenvalue weighted by molar-refractivity contribution is 0.393. The third-order valence-corrected chi connectivity index (χ3v) is 5.91. The molecule has 0 unspecified atom stereocenters. The summed E-state index contributed by atoms with van der Waals surface area (Å²) in [5, 5.41) is 5.24. The number of nitrogens with two attached hydrogens (primary N) is 1. The highest BCUT2D eigenvalue weighted by Gasteiger charge is 2.24. The lowest BCUT2D eigenvalue weighted by Gasteiger charge is -2.12. The summed E-state index contributed by atoms with van der Waals surface area (Å²) in [6.45, 7) is 0. The predicted octanol–water partition coefficient (Wildman–Crippen LogP) is 4.26. The summed E-state index contributed by atoms with van der Waals surface area (Å²) >= 11 is 0. The van der Waals surface area contributed by atoms with Gasteiger partial charge in [0.15, 0.2) is 11.7 Å². The molecule has 0 atom stereocenters. The van der Waals surface area contributed by atoms with Gasteiger partial charge in [-0.25, -0.2) is 18.5 Å². The number of primary sulfonamides is 1. The van der Waals surface area contributed by atoms with Crippen molar-refractivity contribution in [3.8, 4) is 34.1 Å². The molecule has 4 aromatic rings. The Morgan fingerprint density at radius 2 is 1.50 bits per heavy atom. The fourth-order valence-corrected chi connectivity index (χ4v) is 3.97. The van der Waals surface area contributed by atoms with Crippen LogP contribution in [0, 0.1) is 0 Å². The van der Waals surface area contributed by atoms with Crippen LogP contribution in [0.5, 0.6) is 11.5 Å². The highest BCUT2D eigenvalue weighted by Crippen LogP contribution is 2.43. The van der Waals surface area contributed by atoms with Gasteiger partial charge in [0.25, 0.3) is 0 Å². The van der Waals surface area contributed by atoms with Gasteiger partial charge in [0.05, 0.1) is 19.1 Å². The molecule has 164 valence electrons. The van der Waals surface area contributed by atoms with Crippen LogP contribution in [0.1, 0.15) is 11.5 Å². The molecule has 0 radical (unpaired) electrons. The van der Waals surface area contributed by atoms with E-state index in [0.29, 0.717) is 46.4 Å². The van der Waals surface area contributed by atoms with Crippen molar-refractivity contribution >= 4 is 10.0 Å². The van der Waals surface area contributed by atoms with Crippen LogP contribution in [0.4, 0.5) is 0 Å². The van der Waals surface area contributed by atoms with Crippen molar-refractivity contribution in [2.45, 2.75) is 11.3 Å². The maximum atomic E-state index is 11.7. The average Bonchev–Trinajstić information content (AvgIpc) is 3.21. The Morgan fingerprint density at radius 3 is 2.06 bits per heavy atom.